The van der Waals surface area contributed by atoms with Gasteiger partial charge in [0, 0.05) is 19.1 Å². The van der Waals surface area contributed by atoms with Gasteiger partial charge in [0.25, 0.3) is 0 Å². The van der Waals surface area contributed by atoms with Crippen LogP contribution in [-0.2, 0) is 0 Å². The lowest BCUT2D eigenvalue weighted by molar-refractivity contribution is -0.153. The molecule has 0 aromatic heterocycles. The molecule has 10 atom stereocenters. The minimum atomic E-state index is 0.295. The first-order valence-corrected chi connectivity index (χ1v) is 10.6. The molecule has 2 heteroatoms. The van der Waals surface area contributed by atoms with Gasteiger partial charge in [0.2, 0.25) is 0 Å². The highest BCUT2D eigenvalue weighted by Gasteiger charge is 2.66. The molecule has 0 amide bonds. The third-order valence-electron chi connectivity index (χ3n) is 9.27. The average molecular weight is 317 g/mol. The molecule has 5 saturated carbocycles. The minimum Gasteiger partial charge on any atom is -0.327 e. The molecule has 5 rings (SSSR count). The maximum Gasteiger partial charge on any atom is 0.0136 e. The highest BCUT2D eigenvalue weighted by molar-refractivity contribution is 5.16. The molecule has 2 bridgehead atoms. The van der Waals surface area contributed by atoms with E-state index in [1.807, 2.05) is 0 Å². The van der Waals surface area contributed by atoms with Gasteiger partial charge in [-0.25, -0.2) is 0 Å². The van der Waals surface area contributed by atoms with E-state index >= 15 is 0 Å². The van der Waals surface area contributed by atoms with Gasteiger partial charge >= 0.3 is 0 Å². The zero-order chi connectivity index (χ0) is 15.8. The van der Waals surface area contributed by atoms with Crippen molar-refractivity contribution in [3.8, 4) is 0 Å². The average Bonchev–Trinajstić information content (AvgIpc) is 3.01. The van der Waals surface area contributed by atoms with Gasteiger partial charge in [-0.3, -0.25) is 0 Å². The molecule has 5 aliphatic rings. The molecule has 0 spiro atoms. The van der Waals surface area contributed by atoms with E-state index in [4.69, 9.17) is 5.73 Å². The Kier molecular flexibility index (Phi) is 3.44. The maximum atomic E-state index is 5.97. The van der Waals surface area contributed by atoms with Crippen molar-refractivity contribution in [2.24, 2.45) is 58.5 Å². The van der Waals surface area contributed by atoms with E-state index < -0.39 is 0 Å². The predicted octanol–water partition coefficient (Wildman–Crippen LogP) is 3.66. The summed E-state index contributed by atoms with van der Waals surface area (Å²) in [4.78, 5) is 0. The van der Waals surface area contributed by atoms with Crippen molar-refractivity contribution in [1.82, 2.24) is 5.32 Å². The summed E-state index contributed by atoms with van der Waals surface area (Å²) in [5.41, 5.74) is 6.63. The van der Waals surface area contributed by atoms with Crippen molar-refractivity contribution in [2.45, 2.75) is 64.8 Å². The first kappa shape index (κ1) is 15.2. The SMILES string of the molecule is CC(N)CNCC12CCC(C1)C1C3CC4C(C)CCC(CC12)C43. The minimum absolute atomic E-state index is 0.295. The van der Waals surface area contributed by atoms with Crippen molar-refractivity contribution in [3.63, 3.8) is 0 Å². The summed E-state index contributed by atoms with van der Waals surface area (Å²) in [5, 5.41) is 3.76. The Balaban J connectivity index is 1.35. The molecule has 0 aromatic carbocycles. The van der Waals surface area contributed by atoms with E-state index in [-0.39, 0.29) is 0 Å². The fourth-order valence-corrected chi connectivity index (χ4v) is 8.46. The molecular formula is C21H36N2. The number of nitrogens with two attached hydrogens (primary N) is 1. The van der Waals surface area contributed by atoms with E-state index in [1.165, 1.54) is 25.8 Å². The molecular weight excluding hydrogens is 280 g/mol. The molecule has 5 fully saturated rings. The summed E-state index contributed by atoms with van der Waals surface area (Å²) in [6.07, 6.45) is 10.9. The highest BCUT2D eigenvalue weighted by atomic mass is 14.9. The second-order valence-electron chi connectivity index (χ2n) is 10.3. The first-order valence-electron chi connectivity index (χ1n) is 10.6. The van der Waals surface area contributed by atoms with Crippen molar-refractivity contribution >= 4 is 0 Å². The van der Waals surface area contributed by atoms with E-state index in [2.05, 4.69) is 19.2 Å². The Hall–Kier alpha value is -0.0800. The van der Waals surface area contributed by atoms with Gasteiger partial charge in [0.15, 0.2) is 0 Å². The van der Waals surface area contributed by atoms with Crippen LogP contribution in [0.15, 0.2) is 0 Å². The fourth-order valence-electron chi connectivity index (χ4n) is 8.46. The standard InChI is InChI=1S/C21H36N2/c1-12-3-4-14-7-18-20(17-8-16(12)19(14)17)15-5-6-21(18,9-15)11-23-10-13(2)22/h12-20,23H,3-11,22H2,1-2H3. The summed E-state index contributed by atoms with van der Waals surface area (Å²) in [7, 11) is 0. The topological polar surface area (TPSA) is 38.0 Å². The summed E-state index contributed by atoms with van der Waals surface area (Å²) < 4.78 is 0. The van der Waals surface area contributed by atoms with Crippen LogP contribution in [-0.4, -0.2) is 19.1 Å². The number of hydrogen-bond acceptors (Lipinski definition) is 2. The van der Waals surface area contributed by atoms with E-state index in [9.17, 15) is 0 Å². The molecule has 23 heavy (non-hydrogen) atoms. The highest BCUT2D eigenvalue weighted by Crippen LogP contribution is 2.73. The second kappa shape index (κ2) is 5.21. The van der Waals surface area contributed by atoms with E-state index in [1.54, 1.807) is 25.7 Å². The lowest BCUT2D eigenvalue weighted by Crippen LogP contribution is -2.58. The molecule has 0 radical (unpaired) electrons. The summed E-state index contributed by atoms with van der Waals surface area (Å²) >= 11 is 0. The van der Waals surface area contributed by atoms with Gasteiger partial charge in [-0.2, -0.15) is 0 Å². The summed E-state index contributed by atoms with van der Waals surface area (Å²) in [6, 6.07) is 0.295. The van der Waals surface area contributed by atoms with Gasteiger partial charge in [-0.05, 0) is 98.2 Å². The number of fused-ring (bicyclic) bond motifs is 6. The largest absolute Gasteiger partial charge is 0.327 e. The van der Waals surface area contributed by atoms with Gasteiger partial charge in [-0.15, -0.1) is 0 Å². The zero-order valence-electron chi connectivity index (χ0n) is 15.1. The van der Waals surface area contributed by atoms with Crippen LogP contribution in [0, 0.1) is 52.8 Å². The third-order valence-corrected chi connectivity index (χ3v) is 9.27. The van der Waals surface area contributed by atoms with Gasteiger partial charge in [0.05, 0.1) is 0 Å². The van der Waals surface area contributed by atoms with Crippen molar-refractivity contribution in [3.05, 3.63) is 0 Å². The van der Waals surface area contributed by atoms with Crippen LogP contribution >= 0.6 is 0 Å². The zero-order valence-corrected chi connectivity index (χ0v) is 15.1. The predicted molar refractivity (Wildman–Crippen MR) is 94.9 cm³/mol. The Morgan fingerprint density at radius 3 is 2.78 bits per heavy atom. The van der Waals surface area contributed by atoms with Crippen LogP contribution in [0.3, 0.4) is 0 Å². The number of nitrogens with one attached hydrogen (secondary N) is 1. The molecule has 0 aliphatic heterocycles. The molecule has 2 nitrogen and oxygen atoms in total. The Morgan fingerprint density at radius 1 is 1.09 bits per heavy atom. The summed E-state index contributed by atoms with van der Waals surface area (Å²) in [5.74, 6) is 8.78. The Morgan fingerprint density at radius 2 is 1.96 bits per heavy atom. The lowest BCUT2D eigenvalue weighted by atomic mass is 9.41. The van der Waals surface area contributed by atoms with Crippen LogP contribution < -0.4 is 11.1 Å². The van der Waals surface area contributed by atoms with Crippen LogP contribution in [0.1, 0.15) is 58.8 Å². The smallest absolute Gasteiger partial charge is 0.0136 e. The summed E-state index contributed by atoms with van der Waals surface area (Å²) in [6.45, 7) is 6.93. The monoisotopic (exact) mass is 316 g/mol. The van der Waals surface area contributed by atoms with Crippen molar-refractivity contribution in [2.75, 3.05) is 13.1 Å². The third kappa shape index (κ3) is 2.06. The van der Waals surface area contributed by atoms with Gasteiger partial charge in [-0.1, -0.05) is 13.3 Å². The normalized spacial score (nSPS) is 57.5. The Labute approximate surface area is 142 Å². The van der Waals surface area contributed by atoms with Crippen LogP contribution in [0.25, 0.3) is 0 Å². The van der Waals surface area contributed by atoms with Crippen LogP contribution in [0.2, 0.25) is 0 Å². The molecule has 130 valence electrons. The number of hydrogen-bond donors (Lipinski definition) is 2. The molecule has 10 unspecified atom stereocenters. The molecule has 0 saturated heterocycles. The van der Waals surface area contributed by atoms with E-state index in [0.717, 1.165) is 53.9 Å². The number of rotatable bonds is 4. The molecule has 0 aromatic rings. The molecule has 3 N–H and O–H groups in total. The van der Waals surface area contributed by atoms with Crippen molar-refractivity contribution < 1.29 is 0 Å². The van der Waals surface area contributed by atoms with Crippen LogP contribution in [0.4, 0.5) is 0 Å². The second-order valence-corrected chi connectivity index (χ2v) is 10.3. The fraction of sp³-hybridized carbons (Fsp3) is 1.00. The van der Waals surface area contributed by atoms with Gasteiger partial charge in [0.1, 0.15) is 0 Å². The van der Waals surface area contributed by atoms with E-state index in [0.29, 0.717) is 11.5 Å². The Bertz CT molecular complexity index is 474. The van der Waals surface area contributed by atoms with Crippen molar-refractivity contribution in [1.29, 1.82) is 0 Å². The van der Waals surface area contributed by atoms with Gasteiger partial charge < -0.3 is 11.1 Å². The molecule has 0 heterocycles. The molecule has 5 aliphatic carbocycles. The maximum absolute atomic E-state index is 5.97. The van der Waals surface area contributed by atoms with Crippen LogP contribution in [0.5, 0.6) is 0 Å². The quantitative estimate of drug-likeness (QED) is 0.830. The first-order chi connectivity index (χ1) is 11.1. The lowest BCUT2D eigenvalue weighted by Gasteiger charge is -2.64.